The lowest BCUT2D eigenvalue weighted by Gasteiger charge is -2.21. The molecule has 0 radical (unpaired) electrons. The minimum atomic E-state index is 0.0194. The Hall–Kier alpha value is -3.10. The maximum Gasteiger partial charge on any atom is 0.185 e. The second-order valence-electron chi connectivity index (χ2n) is 6.41. The van der Waals surface area contributed by atoms with Gasteiger partial charge >= 0.3 is 0 Å². The fourth-order valence-corrected chi connectivity index (χ4v) is 3.45. The summed E-state index contributed by atoms with van der Waals surface area (Å²) in [4.78, 5) is 12.8. The minimum Gasteiger partial charge on any atom is -0.309 e. The molecule has 132 valence electrons. The molecule has 0 aliphatic carbocycles. The Morgan fingerprint density at radius 2 is 1.33 bits per heavy atom. The monoisotopic (exact) mass is 371 g/mol. The van der Waals surface area contributed by atoms with Gasteiger partial charge in [-0.1, -0.05) is 72.3 Å². The van der Waals surface area contributed by atoms with Crippen molar-refractivity contribution in [3.8, 4) is 28.2 Å². The van der Waals surface area contributed by atoms with Crippen molar-refractivity contribution in [1.29, 1.82) is 0 Å². The SMILES string of the molecule is Cc1c(-c2ccc(Cl)cc2)n(-c2ccccc2)c(-c2ccccc2)cc1=O. The molecule has 0 amide bonds. The molecule has 0 N–H and O–H groups in total. The summed E-state index contributed by atoms with van der Waals surface area (Å²) < 4.78 is 2.15. The Labute approximate surface area is 163 Å². The lowest BCUT2D eigenvalue weighted by Crippen LogP contribution is -2.15. The van der Waals surface area contributed by atoms with E-state index in [2.05, 4.69) is 16.7 Å². The summed E-state index contributed by atoms with van der Waals surface area (Å²) in [5, 5.41) is 0.671. The van der Waals surface area contributed by atoms with Crippen molar-refractivity contribution in [2.24, 2.45) is 0 Å². The van der Waals surface area contributed by atoms with Crippen LogP contribution in [0, 0.1) is 6.92 Å². The van der Waals surface area contributed by atoms with Gasteiger partial charge in [-0.2, -0.15) is 0 Å². The van der Waals surface area contributed by atoms with Gasteiger partial charge in [0.15, 0.2) is 5.43 Å². The Morgan fingerprint density at radius 3 is 1.96 bits per heavy atom. The Kier molecular flexibility index (Phi) is 4.66. The first-order chi connectivity index (χ1) is 13.1. The van der Waals surface area contributed by atoms with E-state index in [4.69, 9.17) is 11.6 Å². The predicted octanol–water partition coefficient (Wildman–Crippen LogP) is 6.13. The number of rotatable bonds is 3. The van der Waals surface area contributed by atoms with Crippen LogP contribution in [0.15, 0.2) is 95.8 Å². The van der Waals surface area contributed by atoms with Gasteiger partial charge in [-0.3, -0.25) is 4.79 Å². The number of nitrogens with zero attached hydrogens (tertiary/aromatic N) is 1. The Bertz CT molecular complexity index is 1130. The molecule has 0 fully saturated rings. The van der Waals surface area contributed by atoms with Crippen LogP contribution >= 0.6 is 11.6 Å². The van der Waals surface area contributed by atoms with Gasteiger partial charge in [-0.15, -0.1) is 0 Å². The number of halogens is 1. The number of benzene rings is 3. The highest BCUT2D eigenvalue weighted by Gasteiger charge is 2.17. The van der Waals surface area contributed by atoms with E-state index in [0.29, 0.717) is 10.6 Å². The zero-order valence-electron chi connectivity index (χ0n) is 14.9. The summed E-state index contributed by atoms with van der Waals surface area (Å²) in [6, 6.07) is 29.4. The highest BCUT2D eigenvalue weighted by molar-refractivity contribution is 6.30. The van der Waals surface area contributed by atoms with Crippen LogP contribution in [0.25, 0.3) is 28.2 Å². The molecule has 0 atom stereocenters. The van der Waals surface area contributed by atoms with Gasteiger partial charge in [-0.05, 0) is 42.3 Å². The van der Waals surface area contributed by atoms with Crippen molar-refractivity contribution in [3.63, 3.8) is 0 Å². The average molecular weight is 372 g/mol. The Balaban J connectivity index is 2.12. The van der Waals surface area contributed by atoms with Gasteiger partial charge in [0, 0.05) is 22.3 Å². The van der Waals surface area contributed by atoms with Gasteiger partial charge in [0.2, 0.25) is 0 Å². The van der Waals surface area contributed by atoms with Gasteiger partial charge in [0.25, 0.3) is 0 Å². The van der Waals surface area contributed by atoms with Crippen LogP contribution in [0.3, 0.4) is 0 Å². The summed E-state index contributed by atoms with van der Waals surface area (Å²) in [7, 11) is 0. The number of pyridine rings is 1. The van der Waals surface area contributed by atoms with Crippen molar-refractivity contribution in [3.05, 3.63) is 112 Å². The zero-order chi connectivity index (χ0) is 18.8. The van der Waals surface area contributed by atoms with Crippen molar-refractivity contribution in [2.75, 3.05) is 0 Å². The lowest BCUT2D eigenvalue weighted by atomic mass is 10.0. The van der Waals surface area contributed by atoms with E-state index in [9.17, 15) is 4.79 Å². The van der Waals surface area contributed by atoms with E-state index in [1.807, 2.05) is 79.7 Å². The van der Waals surface area contributed by atoms with E-state index >= 15 is 0 Å². The summed E-state index contributed by atoms with van der Waals surface area (Å²) in [6.07, 6.45) is 0. The molecule has 2 nitrogen and oxygen atoms in total. The van der Waals surface area contributed by atoms with Crippen LogP contribution in [0.2, 0.25) is 5.02 Å². The third-order valence-electron chi connectivity index (χ3n) is 4.66. The second-order valence-corrected chi connectivity index (χ2v) is 6.85. The second kappa shape index (κ2) is 7.26. The third kappa shape index (κ3) is 3.32. The molecule has 0 aliphatic heterocycles. The standard InChI is InChI=1S/C24H18ClNO/c1-17-23(27)16-22(18-8-4-2-5-9-18)26(21-10-6-3-7-11-21)24(17)19-12-14-20(25)15-13-19/h2-16H,1H3. The molecule has 0 spiro atoms. The van der Waals surface area contributed by atoms with Gasteiger partial charge < -0.3 is 4.57 Å². The van der Waals surface area contributed by atoms with Crippen LogP contribution in [-0.4, -0.2) is 4.57 Å². The third-order valence-corrected chi connectivity index (χ3v) is 4.91. The normalized spacial score (nSPS) is 10.7. The lowest BCUT2D eigenvalue weighted by molar-refractivity contribution is 1.04. The smallest absolute Gasteiger partial charge is 0.185 e. The van der Waals surface area contributed by atoms with E-state index in [1.165, 1.54) is 0 Å². The molecule has 0 saturated heterocycles. The zero-order valence-corrected chi connectivity index (χ0v) is 15.6. The maximum atomic E-state index is 12.8. The fourth-order valence-electron chi connectivity index (χ4n) is 3.32. The van der Waals surface area contributed by atoms with Gasteiger partial charge in [0.1, 0.15) is 0 Å². The van der Waals surface area contributed by atoms with E-state index in [-0.39, 0.29) is 5.43 Å². The largest absolute Gasteiger partial charge is 0.309 e. The summed E-state index contributed by atoms with van der Waals surface area (Å²) in [6.45, 7) is 1.88. The highest BCUT2D eigenvalue weighted by atomic mass is 35.5. The highest BCUT2D eigenvalue weighted by Crippen LogP contribution is 2.31. The van der Waals surface area contributed by atoms with Crippen molar-refractivity contribution in [2.45, 2.75) is 6.92 Å². The topological polar surface area (TPSA) is 22.0 Å². The van der Waals surface area contributed by atoms with Crippen LogP contribution in [0.1, 0.15) is 5.56 Å². The van der Waals surface area contributed by atoms with E-state index < -0.39 is 0 Å². The molecule has 1 heterocycles. The minimum absolute atomic E-state index is 0.0194. The molecular formula is C24H18ClNO. The van der Waals surface area contributed by atoms with Crippen LogP contribution in [0.4, 0.5) is 0 Å². The molecule has 0 saturated carbocycles. The summed E-state index contributed by atoms with van der Waals surface area (Å²) in [5.74, 6) is 0. The molecule has 0 bridgehead atoms. The summed E-state index contributed by atoms with van der Waals surface area (Å²) in [5.41, 5.74) is 5.42. The molecule has 0 unspecified atom stereocenters. The molecule has 3 aromatic carbocycles. The average Bonchev–Trinajstić information content (AvgIpc) is 2.72. The molecule has 27 heavy (non-hydrogen) atoms. The Morgan fingerprint density at radius 1 is 0.741 bits per heavy atom. The molecule has 4 aromatic rings. The first-order valence-corrected chi connectivity index (χ1v) is 9.16. The molecular weight excluding hydrogens is 354 g/mol. The quantitative estimate of drug-likeness (QED) is 0.424. The van der Waals surface area contributed by atoms with Gasteiger partial charge in [-0.25, -0.2) is 0 Å². The number of para-hydroxylation sites is 1. The molecule has 3 heteroatoms. The van der Waals surface area contributed by atoms with Crippen molar-refractivity contribution in [1.82, 2.24) is 4.57 Å². The predicted molar refractivity (Wildman–Crippen MR) is 113 cm³/mol. The van der Waals surface area contributed by atoms with Crippen LogP contribution < -0.4 is 5.43 Å². The van der Waals surface area contributed by atoms with Crippen LogP contribution in [-0.2, 0) is 0 Å². The molecule has 1 aromatic heterocycles. The van der Waals surface area contributed by atoms with Crippen LogP contribution in [0.5, 0.6) is 0 Å². The number of hydrogen-bond acceptors (Lipinski definition) is 1. The maximum absolute atomic E-state index is 12.8. The molecule has 4 rings (SSSR count). The number of aromatic nitrogens is 1. The molecule has 0 aliphatic rings. The summed E-state index contributed by atoms with van der Waals surface area (Å²) >= 11 is 6.09. The van der Waals surface area contributed by atoms with Crippen molar-refractivity contribution >= 4 is 11.6 Å². The first-order valence-electron chi connectivity index (χ1n) is 8.78. The first kappa shape index (κ1) is 17.3. The van der Waals surface area contributed by atoms with E-state index in [1.54, 1.807) is 6.07 Å². The number of hydrogen-bond donors (Lipinski definition) is 0. The van der Waals surface area contributed by atoms with Crippen molar-refractivity contribution < 1.29 is 0 Å². The fraction of sp³-hybridized carbons (Fsp3) is 0.0417. The van der Waals surface area contributed by atoms with E-state index in [0.717, 1.165) is 28.2 Å². The van der Waals surface area contributed by atoms with Gasteiger partial charge in [0.05, 0.1) is 11.4 Å².